The van der Waals surface area contributed by atoms with Gasteiger partial charge in [-0.2, -0.15) is 0 Å². The van der Waals surface area contributed by atoms with Gasteiger partial charge >= 0.3 is 0 Å². The maximum absolute atomic E-state index is 5.88. The quantitative estimate of drug-likeness (QED) is 0.639. The molecule has 0 saturated heterocycles. The Morgan fingerprint density at radius 1 is 1.13 bits per heavy atom. The lowest BCUT2D eigenvalue weighted by Crippen LogP contribution is -2.31. The summed E-state index contributed by atoms with van der Waals surface area (Å²) >= 11 is 0. The normalized spacial score (nSPS) is 27.2. The van der Waals surface area contributed by atoms with Crippen LogP contribution in [-0.4, -0.2) is 33.2 Å². The van der Waals surface area contributed by atoms with Crippen molar-refractivity contribution in [2.75, 3.05) is 20.8 Å². The lowest BCUT2D eigenvalue weighted by molar-refractivity contribution is -0.160. The van der Waals surface area contributed by atoms with Crippen LogP contribution in [0.5, 0.6) is 0 Å². The molecule has 1 aliphatic carbocycles. The van der Waals surface area contributed by atoms with Crippen LogP contribution in [-0.2, 0) is 14.2 Å². The van der Waals surface area contributed by atoms with Gasteiger partial charge in [-0.3, -0.25) is 0 Å². The first-order valence-corrected chi connectivity index (χ1v) is 5.99. The number of methoxy groups -OCH3 is 2. The first kappa shape index (κ1) is 12.9. The Hall–Kier alpha value is -0.120. The van der Waals surface area contributed by atoms with Crippen molar-refractivity contribution in [2.24, 2.45) is 5.92 Å². The molecule has 3 nitrogen and oxygen atoms in total. The first-order valence-electron chi connectivity index (χ1n) is 5.99. The van der Waals surface area contributed by atoms with Crippen LogP contribution in [0.25, 0.3) is 0 Å². The number of rotatable bonds is 6. The third kappa shape index (κ3) is 4.09. The topological polar surface area (TPSA) is 27.7 Å². The van der Waals surface area contributed by atoms with Gasteiger partial charge in [-0.25, -0.2) is 0 Å². The number of hydrogen-bond donors (Lipinski definition) is 0. The molecule has 1 saturated carbocycles. The maximum atomic E-state index is 5.88. The van der Waals surface area contributed by atoms with E-state index in [0.717, 1.165) is 5.92 Å². The Morgan fingerprint density at radius 2 is 1.80 bits per heavy atom. The summed E-state index contributed by atoms with van der Waals surface area (Å²) in [6.07, 6.45) is 6.57. The molecule has 0 spiro atoms. The first-order chi connectivity index (χ1) is 7.31. The Labute approximate surface area is 93.1 Å². The van der Waals surface area contributed by atoms with E-state index in [1.807, 2.05) is 0 Å². The summed E-state index contributed by atoms with van der Waals surface area (Å²) in [5, 5.41) is 0. The summed E-state index contributed by atoms with van der Waals surface area (Å²) in [5.74, 6) is 0.730. The average Bonchev–Trinajstić information content (AvgIpc) is 2.31. The highest BCUT2D eigenvalue weighted by molar-refractivity contribution is 4.74. The summed E-state index contributed by atoms with van der Waals surface area (Å²) in [6.45, 7) is 2.80. The molecule has 0 aromatic rings. The monoisotopic (exact) mass is 216 g/mol. The van der Waals surface area contributed by atoms with Crippen molar-refractivity contribution in [1.29, 1.82) is 0 Å². The van der Waals surface area contributed by atoms with E-state index in [-0.39, 0.29) is 6.29 Å². The minimum atomic E-state index is -0.218. The molecule has 2 atom stereocenters. The van der Waals surface area contributed by atoms with Gasteiger partial charge in [0, 0.05) is 14.2 Å². The molecule has 0 aliphatic heterocycles. The second-order valence-corrected chi connectivity index (χ2v) is 4.23. The number of ether oxygens (including phenoxy) is 3. The molecule has 1 rings (SSSR count). The molecule has 90 valence electrons. The molecule has 3 heteroatoms. The van der Waals surface area contributed by atoms with E-state index < -0.39 is 0 Å². The van der Waals surface area contributed by atoms with Gasteiger partial charge < -0.3 is 14.2 Å². The van der Waals surface area contributed by atoms with Crippen LogP contribution < -0.4 is 0 Å². The van der Waals surface area contributed by atoms with E-state index in [1.165, 1.54) is 32.1 Å². The van der Waals surface area contributed by atoms with E-state index in [9.17, 15) is 0 Å². The SMILES string of the molecule is CCC1CCCCC1OCC(OC)OC. The zero-order chi connectivity index (χ0) is 11.1. The summed E-state index contributed by atoms with van der Waals surface area (Å²) in [6, 6.07) is 0. The third-order valence-electron chi connectivity index (χ3n) is 3.34. The zero-order valence-corrected chi connectivity index (χ0v) is 10.2. The van der Waals surface area contributed by atoms with E-state index in [2.05, 4.69) is 6.92 Å². The molecule has 0 bridgehead atoms. The highest BCUT2D eigenvalue weighted by Crippen LogP contribution is 2.29. The standard InChI is InChI=1S/C12H24O3/c1-4-10-7-5-6-8-11(10)15-9-12(13-2)14-3/h10-12H,4-9H2,1-3H3. The second-order valence-electron chi connectivity index (χ2n) is 4.23. The Balaban J connectivity index is 2.28. The van der Waals surface area contributed by atoms with Crippen LogP contribution in [0.15, 0.2) is 0 Å². The van der Waals surface area contributed by atoms with Gasteiger partial charge in [-0.1, -0.05) is 26.2 Å². The zero-order valence-electron chi connectivity index (χ0n) is 10.2. The fourth-order valence-corrected chi connectivity index (χ4v) is 2.29. The van der Waals surface area contributed by atoms with Gasteiger partial charge in [0.1, 0.15) is 0 Å². The van der Waals surface area contributed by atoms with Crippen LogP contribution in [0.4, 0.5) is 0 Å². The van der Waals surface area contributed by atoms with Crippen molar-refractivity contribution in [3.05, 3.63) is 0 Å². The van der Waals surface area contributed by atoms with Crippen molar-refractivity contribution in [3.63, 3.8) is 0 Å². The van der Waals surface area contributed by atoms with Crippen LogP contribution in [0, 0.1) is 5.92 Å². The van der Waals surface area contributed by atoms with Crippen molar-refractivity contribution in [1.82, 2.24) is 0 Å². The van der Waals surface area contributed by atoms with Crippen molar-refractivity contribution in [2.45, 2.75) is 51.4 Å². The van der Waals surface area contributed by atoms with Gasteiger partial charge in [0.2, 0.25) is 0 Å². The van der Waals surface area contributed by atoms with Crippen LogP contribution in [0.2, 0.25) is 0 Å². The van der Waals surface area contributed by atoms with Crippen molar-refractivity contribution in [3.8, 4) is 0 Å². The van der Waals surface area contributed by atoms with E-state index in [0.29, 0.717) is 12.7 Å². The van der Waals surface area contributed by atoms with E-state index >= 15 is 0 Å². The van der Waals surface area contributed by atoms with Gasteiger partial charge in [0.15, 0.2) is 6.29 Å². The Morgan fingerprint density at radius 3 is 2.40 bits per heavy atom. The minimum absolute atomic E-state index is 0.218. The minimum Gasteiger partial charge on any atom is -0.373 e. The van der Waals surface area contributed by atoms with Gasteiger partial charge in [0.25, 0.3) is 0 Å². The lowest BCUT2D eigenvalue weighted by Gasteiger charge is -2.31. The fourth-order valence-electron chi connectivity index (χ4n) is 2.29. The molecule has 0 N–H and O–H groups in total. The molecule has 0 aromatic carbocycles. The fraction of sp³-hybridized carbons (Fsp3) is 1.00. The lowest BCUT2D eigenvalue weighted by atomic mass is 9.85. The van der Waals surface area contributed by atoms with E-state index in [4.69, 9.17) is 14.2 Å². The Bertz CT molecular complexity index is 157. The Kier molecular flexibility index (Phi) is 6.22. The van der Waals surface area contributed by atoms with Gasteiger partial charge in [-0.15, -0.1) is 0 Å². The molecular weight excluding hydrogens is 192 g/mol. The predicted molar refractivity (Wildman–Crippen MR) is 59.8 cm³/mol. The highest BCUT2D eigenvalue weighted by Gasteiger charge is 2.25. The molecule has 2 unspecified atom stereocenters. The highest BCUT2D eigenvalue weighted by atomic mass is 16.7. The van der Waals surface area contributed by atoms with Crippen LogP contribution in [0.1, 0.15) is 39.0 Å². The molecule has 0 amide bonds. The summed E-state index contributed by atoms with van der Waals surface area (Å²) in [4.78, 5) is 0. The molecule has 0 radical (unpaired) electrons. The second kappa shape index (κ2) is 7.20. The van der Waals surface area contributed by atoms with Gasteiger partial charge in [-0.05, 0) is 18.8 Å². The molecule has 1 fully saturated rings. The number of hydrogen-bond acceptors (Lipinski definition) is 3. The van der Waals surface area contributed by atoms with Crippen LogP contribution in [0.3, 0.4) is 0 Å². The van der Waals surface area contributed by atoms with Crippen LogP contribution >= 0.6 is 0 Å². The predicted octanol–water partition coefficient (Wildman–Crippen LogP) is 2.59. The van der Waals surface area contributed by atoms with Crippen molar-refractivity contribution < 1.29 is 14.2 Å². The average molecular weight is 216 g/mol. The summed E-state index contributed by atoms with van der Waals surface area (Å²) in [7, 11) is 3.30. The third-order valence-corrected chi connectivity index (χ3v) is 3.34. The van der Waals surface area contributed by atoms with E-state index in [1.54, 1.807) is 14.2 Å². The van der Waals surface area contributed by atoms with Gasteiger partial charge in [0.05, 0.1) is 12.7 Å². The van der Waals surface area contributed by atoms with Crippen molar-refractivity contribution >= 4 is 0 Å². The summed E-state index contributed by atoms with van der Waals surface area (Å²) < 4.78 is 16.1. The largest absolute Gasteiger partial charge is 0.373 e. The molecule has 0 heterocycles. The molecule has 15 heavy (non-hydrogen) atoms. The molecule has 1 aliphatic rings. The summed E-state index contributed by atoms with van der Waals surface area (Å²) in [5.41, 5.74) is 0. The molecule has 0 aromatic heterocycles. The maximum Gasteiger partial charge on any atom is 0.180 e. The smallest absolute Gasteiger partial charge is 0.180 e. The molecular formula is C12H24O3.